The first kappa shape index (κ1) is 16.4. The van der Waals surface area contributed by atoms with E-state index in [0.717, 1.165) is 13.0 Å². The molecule has 1 aromatic carbocycles. The van der Waals surface area contributed by atoms with Crippen LogP contribution >= 0.6 is 0 Å². The van der Waals surface area contributed by atoms with Crippen molar-refractivity contribution in [2.75, 3.05) is 31.6 Å². The fourth-order valence-corrected chi connectivity index (χ4v) is 3.12. The van der Waals surface area contributed by atoms with Crippen molar-refractivity contribution in [3.05, 3.63) is 42.2 Å². The highest BCUT2D eigenvalue weighted by Crippen LogP contribution is 2.22. The fraction of sp³-hybridized carbons (Fsp3) is 0.333. The van der Waals surface area contributed by atoms with Gasteiger partial charge in [-0.3, -0.25) is 4.79 Å². The molecule has 0 bridgehead atoms. The van der Waals surface area contributed by atoms with Crippen LogP contribution in [0.2, 0.25) is 0 Å². The zero-order valence-corrected chi connectivity index (χ0v) is 14.5. The fourth-order valence-electron chi connectivity index (χ4n) is 3.12. The second-order valence-electron chi connectivity index (χ2n) is 6.37. The van der Waals surface area contributed by atoms with Crippen molar-refractivity contribution in [2.45, 2.75) is 12.8 Å². The van der Waals surface area contributed by atoms with E-state index >= 15 is 0 Å². The van der Waals surface area contributed by atoms with Crippen LogP contribution in [0.3, 0.4) is 0 Å². The molecule has 0 radical (unpaired) electrons. The Morgan fingerprint density at radius 2 is 2.04 bits per heavy atom. The van der Waals surface area contributed by atoms with Gasteiger partial charge in [-0.2, -0.15) is 4.52 Å². The van der Waals surface area contributed by atoms with Crippen LogP contribution in [-0.2, 0) is 4.79 Å². The van der Waals surface area contributed by atoms with Crippen molar-refractivity contribution >= 4 is 17.4 Å². The Morgan fingerprint density at radius 3 is 2.81 bits per heavy atom. The van der Waals surface area contributed by atoms with Crippen LogP contribution in [0.4, 0.5) is 10.2 Å². The number of amides is 1. The number of hydrogen-bond donors (Lipinski definition) is 0. The average molecular weight is 354 g/mol. The molecule has 0 atom stereocenters. The number of fused-ring (bicyclic) bond motifs is 1. The molecule has 1 amide bonds. The van der Waals surface area contributed by atoms with Gasteiger partial charge in [-0.15, -0.1) is 15.3 Å². The molecule has 0 aliphatic carbocycles. The third-order valence-corrected chi connectivity index (χ3v) is 4.63. The van der Waals surface area contributed by atoms with E-state index in [0.29, 0.717) is 42.4 Å². The highest BCUT2D eigenvalue weighted by molar-refractivity contribution is 5.78. The average Bonchev–Trinajstić information content (AvgIpc) is 3.25. The lowest BCUT2D eigenvalue weighted by atomic mass is 10.2. The van der Waals surface area contributed by atoms with Gasteiger partial charge in [0.05, 0.1) is 5.56 Å². The number of carbonyl (C=O) groups is 1. The monoisotopic (exact) mass is 354 g/mol. The Labute approximate surface area is 150 Å². The largest absolute Gasteiger partial charge is 0.356 e. The van der Waals surface area contributed by atoms with Gasteiger partial charge in [0, 0.05) is 33.1 Å². The number of likely N-dealkylation sites (tertiary alicyclic amines) is 1. The summed E-state index contributed by atoms with van der Waals surface area (Å²) in [6, 6.07) is 10.1. The number of anilines is 1. The maximum atomic E-state index is 14.1. The third-order valence-electron chi connectivity index (χ3n) is 4.63. The first-order valence-electron chi connectivity index (χ1n) is 8.60. The van der Waals surface area contributed by atoms with Crippen LogP contribution in [-0.4, -0.2) is 57.3 Å². The summed E-state index contributed by atoms with van der Waals surface area (Å²) in [5, 5.41) is 12.7. The molecule has 4 rings (SSSR count). The summed E-state index contributed by atoms with van der Waals surface area (Å²) in [6.45, 7) is 2.15. The van der Waals surface area contributed by atoms with Gasteiger partial charge in [0.1, 0.15) is 11.6 Å². The Bertz CT molecular complexity index is 956. The SMILES string of the molecule is CN(CCN1CCCC1=O)c1ccc2nnc(-c3ccccc3F)n2n1. The number of nitrogens with zero attached hydrogens (tertiary/aromatic N) is 6. The summed E-state index contributed by atoms with van der Waals surface area (Å²) in [5.41, 5.74) is 0.907. The molecule has 8 heteroatoms. The van der Waals surface area contributed by atoms with Crippen LogP contribution < -0.4 is 4.90 Å². The first-order chi connectivity index (χ1) is 12.6. The zero-order chi connectivity index (χ0) is 18.1. The smallest absolute Gasteiger partial charge is 0.222 e. The van der Waals surface area contributed by atoms with Gasteiger partial charge in [-0.25, -0.2) is 4.39 Å². The van der Waals surface area contributed by atoms with E-state index in [9.17, 15) is 9.18 Å². The van der Waals surface area contributed by atoms with Crippen LogP contribution in [0.5, 0.6) is 0 Å². The van der Waals surface area contributed by atoms with Gasteiger partial charge in [-0.05, 0) is 30.7 Å². The van der Waals surface area contributed by atoms with Gasteiger partial charge in [0.25, 0.3) is 0 Å². The number of hydrogen-bond acceptors (Lipinski definition) is 5. The Balaban J connectivity index is 1.59. The normalized spacial score (nSPS) is 14.4. The second kappa shape index (κ2) is 6.70. The summed E-state index contributed by atoms with van der Waals surface area (Å²) in [7, 11) is 1.92. The number of carbonyl (C=O) groups excluding carboxylic acids is 1. The lowest BCUT2D eigenvalue weighted by molar-refractivity contribution is -0.127. The zero-order valence-electron chi connectivity index (χ0n) is 14.5. The lowest BCUT2D eigenvalue weighted by Crippen LogP contribution is -2.34. The van der Waals surface area contributed by atoms with Crippen LogP contribution in [0.25, 0.3) is 17.0 Å². The van der Waals surface area contributed by atoms with Gasteiger partial charge in [0.2, 0.25) is 5.91 Å². The molecule has 2 aromatic heterocycles. The van der Waals surface area contributed by atoms with E-state index in [-0.39, 0.29) is 11.7 Å². The molecule has 134 valence electrons. The molecule has 0 spiro atoms. The molecule has 0 N–H and O–H groups in total. The van der Waals surface area contributed by atoms with Crippen LogP contribution in [0, 0.1) is 5.82 Å². The van der Waals surface area contributed by atoms with Crippen molar-refractivity contribution in [1.82, 2.24) is 24.7 Å². The van der Waals surface area contributed by atoms with E-state index in [1.54, 1.807) is 28.8 Å². The van der Waals surface area contributed by atoms with Crippen molar-refractivity contribution in [3.63, 3.8) is 0 Å². The van der Waals surface area contributed by atoms with E-state index in [1.807, 2.05) is 22.9 Å². The minimum atomic E-state index is -0.366. The molecule has 3 aromatic rings. The van der Waals surface area contributed by atoms with E-state index in [1.165, 1.54) is 6.07 Å². The number of aromatic nitrogens is 4. The number of halogens is 1. The van der Waals surface area contributed by atoms with Gasteiger partial charge in [0.15, 0.2) is 11.5 Å². The summed E-state index contributed by atoms with van der Waals surface area (Å²) in [5.74, 6) is 0.918. The summed E-state index contributed by atoms with van der Waals surface area (Å²) in [4.78, 5) is 15.6. The third kappa shape index (κ3) is 2.98. The van der Waals surface area contributed by atoms with Gasteiger partial charge >= 0.3 is 0 Å². The predicted octanol–water partition coefficient (Wildman–Crippen LogP) is 1.99. The minimum absolute atomic E-state index is 0.211. The molecule has 1 fully saturated rings. The minimum Gasteiger partial charge on any atom is -0.356 e. The van der Waals surface area contributed by atoms with E-state index in [2.05, 4.69) is 15.3 Å². The summed E-state index contributed by atoms with van der Waals surface area (Å²) < 4.78 is 15.7. The Hall–Kier alpha value is -3.03. The molecular weight excluding hydrogens is 335 g/mol. The Kier molecular flexibility index (Phi) is 4.24. The highest BCUT2D eigenvalue weighted by atomic mass is 19.1. The molecule has 0 saturated carbocycles. The maximum absolute atomic E-state index is 14.1. The van der Waals surface area contributed by atoms with Crippen molar-refractivity contribution in [2.24, 2.45) is 0 Å². The molecule has 1 aliphatic heterocycles. The lowest BCUT2D eigenvalue weighted by Gasteiger charge is -2.22. The number of rotatable bonds is 5. The summed E-state index contributed by atoms with van der Waals surface area (Å²) in [6.07, 6.45) is 1.57. The Morgan fingerprint density at radius 1 is 1.19 bits per heavy atom. The standard InChI is InChI=1S/C18H19FN6O/c1-23(11-12-24-10-4-7-17(24)26)16-9-8-15-20-21-18(25(15)22-16)13-5-2-3-6-14(13)19/h2-3,5-6,8-9H,4,7,10-12H2,1H3. The van der Waals surface area contributed by atoms with E-state index in [4.69, 9.17) is 0 Å². The first-order valence-corrected chi connectivity index (χ1v) is 8.60. The van der Waals surface area contributed by atoms with Gasteiger partial charge in [-0.1, -0.05) is 12.1 Å². The van der Waals surface area contributed by atoms with Crippen LogP contribution in [0.1, 0.15) is 12.8 Å². The second-order valence-corrected chi connectivity index (χ2v) is 6.37. The quantitative estimate of drug-likeness (QED) is 0.701. The number of likely N-dealkylation sites (N-methyl/N-ethyl adjacent to an activating group) is 1. The molecule has 0 unspecified atom stereocenters. The topological polar surface area (TPSA) is 66.6 Å². The van der Waals surface area contributed by atoms with Crippen LogP contribution in [0.15, 0.2) is 36.4 Å². The maximum Gasteiger partial charge on any atom is 0.222 e. The predicted molar refractivity (Wildman–Crippen MR) is 95.3 cm³/mol. The molecular formula is C18H19FN6O. The molecule has 3 heterocycles. The summed E-state index contributed by atoms with van der Waals surface area (Å²) >= 11 is 0. The molecule has 7 nitrogen and oxygen atoms in total. The number of benzene rings is 1. The highest BCUT2D eigenvalue weighted by Gasteiger charge is 2.20. The van der Waals surface area contributed by atoms with Crippen molar-refractivity contribution in [3.8, 4) is 11.4 Å². The van der Waals surface area contributed by atoms with Crippen molar-refractivity contribution in [1.29, 1.82) is 0 Å². The van der Waals surface area contributed by atoms with Crippen molar-refractivity contribution < 1.29 is 9.18 Å². The van der Waals surface area contributed by atoms with E-state index < -0.39 is 0 Å². The molecule has 26 heavy (non-hydrogen) atoms. The molecule has 1 saturated heterocycles. The molecule has 1 aliphatic rings. The van der Waals surface area contributed by atoms with Gasteiger partial charge < -0.3 is 9.80 Å².